The minimum absolute atomic E-state index is 0.169. The molecule has 1 rings (SSSR count). The third kappa shape index (κ3) is 3.07. The van der Waals surface area contributed by atoms with Crippen molar-refractivity contribution in [2.45, 2.75) is 0 Å². The largest absolute Gasteiger partial charge is 0.350 e. The zero-order valence-corrected chi connectivity index (χ0v) is 8.81. The van der Waals surface area contributed by atoms with Crippen LogP contribution in [0.15, 0.2) is 17.2 Å². The van der Waals surface area contributed by atoms with Gasteiger partial charge in [-0.3, -0.25) is 0 Å². The van der Waals surface area contributed by atoms with Crippen LogP contribution in [0.3, 0.4) is 0 Å². The van der Waals surface area contributed by atoms with Crippen LogP contribution < -0.4 is 11.2 Å². The van der Waals surface area contributed by atoms with E-state index >= 15 is 0 Å². The van der Waals surface area contributed by atoms with E-state index in [1.807, 2.05) is 5.43 Å². The Morgan fingerprint density at radius 1 is 1.53 bits per heavy atom. The number of nitrogens with one attached hydrogen (secondary N) is 1. The number of urea groups is 1. The smallest absolute Gasteiger partial charge is 0.332 e. The summed E-state index contributed by atoms with van der Waals surface area (Å²) in [6, 6.07) is 1.62. The van der Waals surface area contributed by atoms with Crippen molar-refractivity contribution >= 4 is 35.4 Å². The second-order valence-corrected chi connectivity index (χ2v) is 3.28. The number of hydrazone groups is 1. The number of nitrogens with zero attached hydrogens (tertiary/aromatic N) is 1. The summed E-state index contributed by atoms with van der Waals surface area (Å²) in [7, 11) is 0. The van der Waals surface area contributed by atoms with Gasteiger partial charge in [-0.2, -0.15) is 5.10 Å². The molecule has 0 aliphatic rings. The van der Waals surface area contributed by atoms with E-state index in [0.29, 0.717) is 0 Å². The number of rotatable bonds is 2. The van der Waals surface area contributed by atoms with Gasteiger partial charge in [0.2, 0.25) is 0 Å². The minimum atomic E-state index is -0.838. The van der Waals surface area contributed by atoms with Crippen molar-refractivity contribution in [3.8, 4) is 0 Å². The molecule has 4 nitrogen and oxygen atoms in total. The number of amides is 2. The molecule has 0 aromatic heterocycles. The van der Waals surface area contributed by atoms with Crippen molar-refractivity contribution in [3.05, 3.63) is 33.6 Å². The number of nitrogens with two attached hydrogens (primary N) is 1. The van der Waals surface area contributed by atoms with Crippen LogP contribution in [-0.4, -0.2) is 12.2 Å². The van der Waals surface area contributed by atoms with Gasteiger partial charge >= 0.3 is 6.03 Å². The second-order valence-electron chi connectivity index (χ2n) is 2.49. The van der Waals surface area contributed by atoms with Gasteiger partial charge in [0.1, 0.15) is 5.82 Å². The van der Waals surface area contributed by atoms with Crippen LogP contribution in [0.1, 0.15) is 5.56 Å². The van der Waals surface area contributed by atoms with Gasteiger partial charge in [-0.15, -0.1) is 0 Å². The SMILES string of the molecule is NC(=O)NN=Cc1c(Cl)ccc(F)c1Cl. The van der Waals surface area contributed by atoms with Gasteiger partial charge in [-0.1, -0.05) is 23.2 Å². The summed E-state index contributed by atoms with van der Waals surface area (Å²) < 4.78 is 13.0. The lowest BCUT2D eigenvalue weighted by molar-refractivity contribution is 0.249. The summed E-state index contributed by atoms with van der Waals surface area (Å²) >= 11 is 11.3. The molecule has 0 heterocycles. The van der Waals surface area contributed by atoms with Gasteiger partial charge in [0.05, 0.1) is 16.3 Å². The van der Waals surface area contributed by atoms with Gasteiger partial charge in [-0.25, -0.2) is 14.6 Å². The third-order valence-electron chi connectivity index (χ3n) is 1.45. The Bertz CT molecular complexity index is 423. The number of primary amides is 1. The Morgan fingerprint density at radius 2 is 2.20 bits per heavy atom. The Hall–Kier alpha value is -1.33. The maximum Gasteiger partial charge on any atom is 0.332 e. The summed E-state index contributed by atoms with van der Waals surface area (Å²) in [5.74, 6) is -0.624. The number of carbonyl (C=O) groups excluding carboxylic acids is 1. The minimum Gasteiger partial charge on any atom is -0.350 e. The summed E-state index contributed by atoms with van der Waals surface area (Å²) in [5.41, 5.74) is 6.87. The molecule has 0 aliphatic heterocycles. The average molecular weight is 250 g/mol. The molecule has 0 saturated heterocycles. The highest BCUT2D eigenvalue weighted by Gasteiger charge is 2.08. The van der Waals surface area contributed by atoms with Crippen molar-refractivity contribution in [3.63, 3.8) is 0 Å². The van der Waals surface area contributed by atoms with Crippen molar-refractivity contribution < 1.29 is 9.18 Å². The average Bonchev–Trinajstić information content (AvgIpc) is 2.17. The van der Waals surface area contributed by atoms with Crippen LogP contribution >= 0.6 is 23.2 Å². The monoisotopic (exact) mass is 249 g/mol. The first-order chi connectivity index (χ1) is 7.02. The quantitative estimate of drug-likeness (QED) is 0.471. The summed E-state index contributed by atoms with van der Waals surface area (Å²) in [6.07, 6.45) is 1.11. The van der Waals surface area contributed by atoms with E-state index in [1.54, 1.807) is 0 Å². The molecule has 3 N–H and O–H groups in total. The molecule has 2 amide bonds. The molecule has 0 saturated carbocycles. The first-order valence-electron chi connectivity index (χ1n) is 3.74. The second kappa shape index (κ2) is 4.95. The van der Waals surface area contributed by atoms with Crippen LogP contribution in [-0.2, 0) is 0 Å². The molecular weight excluding hydrogens is 244 g/mol. The molecule has 15 heavy (non-hydrogen) atoms. The van der Waals surface area contributed by atoms with Gasteiger partial charge in [-0.05, 0) is 12.1 Å². The lowest BCUT2D eigenvalue weighted by Gasteiger charge is -2.01. The predicted octanol–water partition coefficient (Wildman–Crippen LogP) is 2.13. The third-order valence-corrected chi connectivity index (χ3v) is 2.16. The van der Waals surface area contributed by atoms with Crippen molar-refractivity contribution in [1.29, 1.82) is 0 Å². The van der Waals surface area contributed by atoms with E-state index in [0.717, 1.165) is 12.3 Å². The number of hydrogen-bond acceptors (Lipinski definition) is 2. The Kier molecular flexibility index (Phi) is 3.88. The highest BCUT2D eigenvalue weighted by Crippen LogP contribution is 2.25. The van der Waals surface area contributed by atoms with Crippen LogP contribution in [0, 0.1) is 5.82 Å². The zero-order valence-electron chi connectivity index (χ0n) is 7.30. The first-order valence-corrected chi connectivity index (χ1v) is 4.50. The Balaban J connectivity index is 2.98. The van der Waals surface area contributed by atoms with Crippen molar-refractivity contribution in [2.24, 2.45) is 10.8 Å². The molecule has 7 heteroatoms. The number of benzene rings is 1. The van der Waals surface area contributed by atoms with E-state index in [1.165, 1.54) is 6.07 Å². The topological polar surface area (TPSA) is 67.5 Å². The highest BCUT2D eigenvalue weighted by molar-refractivity contribution is 6.38. The van der Waals surface area contributed by atoms with E-state index in [-0.39, 0.29) is 15.6 Å². The van der Waals surface area contributed by atoms with Gasteiger partial charge in [0.15, 0.2) is 0 Å². The molecule has 0 spiro atoms. The maximum atomic E-state index is 13.0. The molecule has 1 aromatic carbocycles. The predicted molar refractivity (Wildman–Crippen MR) is 56.7 cm³/mol. The fourth-order valence-corrected chi connectivity index (χ4v) is 1.29. The molecule has 0 radical (unpaired) electrons. The number of halogens is 3. The molecular formula is C8H6Cl2FN3O. The number of carbonyl (C=O) groups is 1. The van der Waals surface area contributed by atoms with Crippen LogP contribution in [0.5, 0.6) is 0 Å². The summed E-state index contributed by atoms with van der Waals surface area (Å²) in [6.45, 7) is 0. The molecule has 0 aliphatic carbocycles. The fourth-order valence-electron chi connectivity index (χ4n) is 0.822. The molecule has 0 unspecified atom stereocenters. The lowest BCUT2D eigenvalue weighted by atomic mass is 10.2. The van der Waals surface area contributed by atoms with Crippen LogP contribution in [0.25, 0.3) is 0 Å². The maximum absolute atomic E-state index is 13.0. The molecule has 0 fully saturated rings. The molecule has 80 valence electrons. The van der Waals surface area contributed by atoms with E-state index < -0.39 is 11.8 Å². The number of hydrogen-bond donors (Lipinski definition) is 2. The lowest BCUT2D eigenvalue weighted by Crippen LogP contribution is -2.24. The molecule has 0 bridgehead atoms. The van der Waals surface area contributed by atoms with Gasteiger partial charge < -0.3 is 5.73 Å². The van der Waals surface area contributed by atoms with Crippen LogP contribution in [0.4, 0.5) is 9.18 Å². The van der Waals surface area contributed by atoms with E-state index in [9.17, 15) is 9.18 Å². The molecule has 1 aromatic rings. The molecule has 0 atom stereocenters. The Labute approximate surface area is 94.9 Å². The highest BCUT2D eigenvalue weighted by atomic mass is 35.5. The van der Waals surface area contributed by atoms with E-state index in [2.05, 4.69) is 5.10 Å². The summed E-state index contributed by atoms with van der Waals surface area (Å²) in [4.78, 5) is 10.3. The van der Waals surface area contributed by atoms with Gasteiger partial charge in [0, 0.05) is 5.56 Å². The van der Waals surface area contributed by atoms with Gasteiger partial charge in [0.25, 0.3) is 0 Å². The Morgan fingerprint density at radius 3 is 2.80 bits per heavy atom. The van der Waals surface area contributed by atoms with E-state index in [4.69, 9.17) is 28.9 Å². The standard InChI is InChI=1S/C8H6Cl2FN3O/c9-5-1-2-6(11)7(10)4(5)3-13-14-8(12)15/h1-3H,(H3,12,14,15). The normalized spacial score (nSPS) is 10.6. The van der Waals surface area contributed by atoms with Crippen molar-refractivity contribution in [2.75, 3.05) is 0 Å². The van der Waals surface area contributed by atoms with Crippen molar-refractivity contribution in [1.82, 2.24) is 5.43 Å². The van der Waals surface area contributed by atoms with Crippen LogP contribution in [0.2, 0.25) is 10.0 Å². The zero-order chi connectivity index (χ0) is 11.4. The summed E-state index contributed by atoms with van der Waals surface area (Å²) in [5, 5.41) is 3.47. The fraction of sp³-hybridized carbons (Fsp3) is 0. The first kappa shape index (κ1) is 11.7.